The van der Waals surface area contributed by atoms with Crippen LogP contribution in [0.2, 0.25) is 0 Å². The Labute approximate surface area is 213 Å². The van der Waals surface area contributed by atoms with Gasteiger partial charge in [-0.15, -0.1) is 0 Å². The maximum Gasteiger partial charge on any atom is 0.322 e. The molecule has 7 heteroatoms. The summed E-state index contributed by atoms with van der Waals surface area (Å²) in [5.41, 5.74) is 4.01. The Morgan fingerprint density at radius 2 is 1.68 bits per heavy atom. The van der Waals surface area contributed by atoms with Crippen molar-refractivity contribution in [3.63, 3.8) is 0 Å². The van der Waals surface area contributed by atoms with Crippen molar-refractivity contribution in [1.82, 2.24) is 4.90 Å². The number of amides is 2. The fourth-order valence-electron chi connectivity index (χ4n) is 3.67. The Morgan fingerprint density at radius 1 is 1.00 bits per heavy atom. The molecule has 0 unspecified atom stereocenters. The number of hydrogen-bond donors (Lipinski definition) is 1. The lowest BCUT2D eigenvalue weighted by Crippen LogP contribution is -2.35. The molecule has 2 rings (SSSR count). The fourth-order valence-corrected chi connectivity index (χ4v) is 4.36. The zero-order valence-corrected chi connectivity index (χ0v) is 22.6. The molecule has 0 bridgehead atoms. The molecule has 0 aromatic heterocycles. The number of unbranched alkanes of at least 4 members (excludes halogenated alkanes) is 4. The van der Waals surface area contributed by atoms with E-state index in [-0.39, 0.29) is 12.8 Å². The number of carbonyl (C=O) groups excluding carboxylic acids is 1. The highest BCUT2D eigenvalue weighted by molar-refractivity contribution is 9.10. The molecule has 0 radical (unpaired) electrons. The summed E-state index contributed by atoms with van der Waals surface area (Å²) in [5, 5.41) is 3.15. The van der Waals surface area contributed by atoms with E-state index in [1.54, 1.807) is 7.11 Å². The molecule has 2 aromatic rings. The van der Waals surface area contributed by atoms with Crippen LogP contribution in [0.25, 0.3) is 0 Å². The zero-order chi connectivity index (χ0) is 24.8. The minimum atomic E-state index is -0.0733. The third-order valence-corrected chi connectivity index (χ3v) is 6.04. The van der Waals surface area contributed by atoms with Crippen molar-refractivity contribution >= 4 is 27.6 Å². The Morgan fingerprint density at radius 3 is 2.32 bits per heavy atom. The highest BCUT2D eigenvalue weighted by Gasteiger charge is 2.16. The van der Waals surface area contributed by atoms with E-state index in [1.165, 1.54) is 19.3 Å². The van der Waals surface area contributed by atoms with Gasteiger partial charge in [0.05, 0.1) is 13.2 Å². The van der Waals surface area contributed by atoms with Crippen molar-refractivity contribution < 1.29 is 19.0 Å². The summed E-state index contributed by atoms with van der Waals surface area (Å²) in [6, 6.07) is 11.8. The van der Waals surface area contributed by atoms with Crippen LogP contribution >= 0.6 is 15.9 Å². The highest BCUT2D eigenvalue weighted by Crippen LogP contribution is 2.26. The van der Waals surface area contributed by atoms with Crippen molar-refractivity contribution in [2.75, 3.05) is 39.0 Å². The van der Waals surface area contributed by atoms with E-state index in [0.29, 0.717) is 19.8 Å². The molecule has 2 amide bonds. The van der Waals surface area contributed by atoms with Gasteiger partial charge in [-0.05, 0) is 61.2 Å². The van der Waals surface area contributed by atoms with Gasteiger partial charge in [0.25, 0.3) is 0 Å². The highest BCUT2D eigenvalue weighted by atomic mass is 79.9. The third kappa shape index (κ3) is 10.0. The zero-order valence-electron chi connectivity index (χ0n) is 21.0. The molecule has 0 heterocycles. The largest absolute Gasteiger partial charge is 0.468 e. The van der Waals surface area contributed by atoms with Gasteiger partial charge in [0.2, 0.25) is 0 Å². The van der Waals surface area contributed by atoms with Gasteiger partial charge in [-0.3, -0.25) is 0 Å². The molecule has 6 nitrogen and oxygen atoms in total. The average Bonchev–Trinajstić information content (AvgIpc) is 2.81. The number of carbonyl (C=O) groups is 1. The molecule has 0 aliphatic heterocycles. The van der Waals surface area contributed by atoms with E-state index in [1.807, 2.05) is 55.1 Å². The van der Waals surface area contributed by atoms with E-state index in [9.17, 15) is 4.79 Å². The minimum absolute atomic E-state index is 0.0733. The van der Waals surface area contributed by atoms with Gasteiger partial charge in [0.1, 0.15) is 5.75 Å². The molecule has 34 heavy (non-hydrogen) atoms. The predicted octanol–water partition coefficient (Wildman–Crippen LogP) is 7.07. The number of nitrogens with zero attached hydrogens (tertiary/aromatic N) is 1. The molecule has 0 fully saturated rings. The normalized spacial score (nSPS) is 10.9. The lowest BCUT2D eigenvalue weighted by atomic mass is 10.1. The molecule has 0 spiro atoms. The summed E-state index contributed by atoms with van der Waals surface area (Å²) in [6.07, 6.45) is 5.77. The summed E-state index contributed by atoms with van der Waals surface area (Å²) in [4.78, 5) is 15.2. The summed E-state index contributed by atoms with van der Waals surface area (Å²) in [5.74, 6) is 0.734. The summed E-state index contributed by atoms with van der Waals surface area (Å²) in [6.45, 7) is 8.71. The number of aryl methyl sites for hydroxylation is 2. The number of benzene rings is 2. The van der Waals surface area contributed by atoms with Crippen LogP contribution < -0.4 is 10.1 Å². The lowest BCUT2D eigenvalue weighted by Gasteiger charge is -2.25. The molecular formula is C27H39BrN2O4. The van der Waals surface area contributed by atoms with Crippen LogP contribution in [0.4, 0.5) is 10.5 Å². The van der Waals surface area contributed by atoms with E-state index >= 15 is 0 Å². The lowest BCUT2D eigenvalue weighted by molar-refractivity contribution is -0.00847. The van der Waals surface area contributed by atoms with Gasteiger partial charge < -0.3 is 24.4 Å². The first kappa shape index (κ1) is 28.1. The molecule has 0 aliphatic rings. The minimum Gasteiger partial charge on any atom is -0.468 e. The second-order valence-corrected chi connectivity index (χ2v) is 9.40. The number of methoxy groups -OCH3 is 1. The van der Waals surface area contributed by atoms with Gasteiger partial charge in [-0.2, -0.15) is 0 Å². The fraction of sp³-hybridized carbons (Fsp3) is 0.519. The quantitative estimate of drug-likeness (QED) is 0.196. The first-order chi connectivity index (χ1) is 16.4. The van der Waals surface area contributed by atoms with Gasteiger partial charge in [-0.25, -0.2) is 4.79 Å². The molecular weight excluding hydrogens is 496 g/mol. The smallest absolute Gasteiger partial charge is 0.322 e. The van der Waals surface area contributed by atoms with Crippen molar-refractivity contribution in [2.24, 2.45) is 0 Å². The number of nitrogens with one attached hydrogen (secondary N) is 1. The van der Waals surface area contributed by atoms with Gasteiger partial charge >= 0.3 is 6.03 Å². The van der Waals surface area contributed by atoms with Gasteiger partial charge in [0, 0.05) is 30.4 Å². The monoisotopic (exact) mass is 534 g/mol. The SMILES string of the molecule is CCCCCCCN(Cc1ccc(OCOCCOC)cc1)C(=O)Nc1c(C)cc(Br)cc1C. The molecule has 188 valence electrons. The Kier molecular flexibility index (Phi) is 13.0. The summed E-state index contributed by atoms with van der Waals surface area (Å²) in [7, 11) is 1.64. The van der Waals surface area contributed by atoms with E-state index in [2.05, 4.69) is 28.2 Å². The molecule has 0 aliphatic carbocycles. The number of halogens is 1. The molecule has 1 N–H and O–H groups in total. The Balaban J connectivity index is 2.01. The van der Waals surface area contributed by atoms with Crippen molar-refractivity contribution in [3.05, 3.63) is 57.6 Å². The first-order valence-corrected chi connectivity index (χ1v) is 12.8. The van der Waals surface area contributed by atoms with Crippen molar-refractivity contribution in [1.29, 1.82) is 0 Å². The van der Waals surface area contributed by atoms with Crippen LogP contribution in [-0.4, -0.2) is 44.6 Å². The molecule has 0 saturated heterocycles. The number of anilines is 1. The predicted molar refractivity (Wildman–Crippen MR) is 142 cm³/mol. The van der Waals surface area contributed by atoms with E-state index in [4.69, 9.17) is 14.2 Å². The maximum absolute atomic E-state index is 13.3. The van der Waals surface area contributed by atoms with E-state index < -0.39 is 0 Å². The summed E-state index contributed by atoms with van der Waals surface area (Å²) >= 11 is 3.53. The van der Waals surface area contributed by atoms with Crippen LogP contribution in [0.15, 0.2) is 40.9 Å². The van der Waals surface area contributed by atoms with Gasteiger partial charge in [0.15, 0.2) is 6.79 Å². The second kappa shape index (κ2) is 15.7. The Hall–Kier alpha value is -2.09. The molecule has 0 atom stereocenters. The number of hydrogen-bond acceptors (Lipinski definition) is 4. The van der Waals surface area contributed by atoms with Crippen LogP contribution in [0.5, 0.6) is 5.75 Å². The van der Waals surface area contributed by atoms with Crippen LogP contribution in [0.3, 0.4) is 0 Å². The Bertz CT molecular complexity index is 850. The molecule has 2 aromatic carbocycles. The van der Waals surface area contributed by atoms with Crippen LogP contribution in [-0.2, 0) is 16.0 Å². The third-order valence-electron chi connectivity index (χ3n) is 5.59. The van der Waals surface area contributed by atoms with E-state index in [0.717, 1.165) is 52.0 Å². The number of rotatable bonds is 15. The van der Waals surface area contributed by atoms with Crippen LogP contribution in [0, 0.1) is 13.8 Å². The summed E-state index contributed by atoms with van der Waals surface area (Å²) < 4.78 is 16.9. The van der Waals surface area contributed by atoms with Crippen LogP contribution in [0.1, 0.15) is 55.7 Å². The first-order valence-electron chi connectivity index (χ1n) is 12.1. The van der Waals surface area contributed by atoms with Crippen molar-refractivity contribution in [2.45, 2.75) is 59.4 Å². The topological polar surface area (TPSA) is 60.0 Å². The average molecular weight is 536 g/mol. The number of urea groups is 1. The standard InChI is InChI=1S/C27H39BrN2O4/c1-5-6-7-8-9-14-30(27(31)29-26-21(2)17-24(28)18-22(26)3)19-23-10-12-25(13-11-23)34-20-33-16-15-32-4/h10-13,17-18H,5-9,14-16,19-20H2,1-4H3,(H,29,31). The van der Waals surface area contributed by atoms with Crippen molar-refractivity contribution in [3.8, 4) is 5.75 Å². The van der Waals surface area contributed by atoms with Gasteiger partial charge in [-0.1, -0.05) is 60.7 Å². The number of ether oxygens (including phenoxy) is 3. The second-order valence-electron chi connectivity index (χ2n) is 8.49. The molecule has 0 saturated carbocycles. The maximum atomic E-state index is 13.3.